The van der Waals surface area contributed by atoms with Crippen molar-refractivity contribution in [2.75, 3.05) is 25.0 Å². The molecule has 4 nitrogen and oxygen atoms in total. The number of nitrogens with zero attached hydrogens (tertiary/aromatic N) is 2. The van der Waals surface area contributed by atoms with Gasteiger partial charge in [-0.05, 0) is 37.3 Å². The molecule has 1 aromatic rings. The largest absolute Gasteiger partial charge is 0.370 e. The van der Waals surface area contributed by atoms with Crippen LogP contribution in [-0.4, -0.2) is 35.4 Å². The Morgan fingerprint density at radius 1 is 1.45 bits per heavy atom. The summed E-state index contributed by atoms with van der Waals surface area (Å²) in [5, 5.41) is 3.23. The van der Waals surface area contributed by atoms with E-state index in [0.29, 0.717) is 11.6 Å². The van der Waals surface area contributed by atoms with E-state index in [2.05, 4.69) is 24.1 Å². The summed E-state index contributed by atoms with van der Waals surface area (Å²) in [7, 11) is 0. The number of amides is 1. The molecule has 0 aromatic carbocycles. The molecule has 1 unspecified atom stereocenters. The molecule has 0 saturated carbocycles. The van der Waals surface area contributed by atoms with Gasteiger partial charge in [-0.1, -0.05) is 26.3 Å². The van der Waals surface area contributed by atoms with Crippen molar-refractivity contribution in [2.45, 2.75) is 39.5 Å². The van der Waals surface area contributed by atoms with E-state index in [0.717, 1.165) is 44.7 Å². The zero-order valence-corrected chi connectivity index (χ0v) is 12.6. The summed E-state index contributed by atoms with van der Waals surface area (Å²) in [6, 6.07) is 5.63. The Labute approximate surface area is 121 Å². The van der Waals surface area contributed by atoms with Gasteiger partial charge in [-0.3, -0.25) is 4.79 Å². The van der Waals surface area contributed by atoms with Gasteiger partial charge in [0.2, 0.25) is 0 Å². The van der Waals surface area contributed by atoms with Crippen molar-refractivity contribution in [3.63, 3.8) is 0 Å². The third-order valence-corrected chi connectivity index (χ3v) is 3.91. The summed E-state index contributed by atoms with van der Waals surface area (Å²) in [6.07, 6.45) is 4.54. The second kappa shape index (κ2) is 7.27. The van der Waals surface area contributed by atoms with Crippen LogP contribution >= 0.6 is 0 Å². The van der Waals surface area contributed by atoms with Gasteiger partial charge in [0.1, 0.15) is 11.5 Å². The van der Waals surface area contributed by atoms with Gasteiger partial charge in [0.15, 0.2) is 0 Å². The number of hydrogen-bond acceptors (Lipinski definition) is 3. The van der Waals surface area contributed by atoms with Crippen molar-refractivity contribution in [3.8, 4) is 0 Å². The highest BCUT2D eigenvalue weighted by molar-refractivity contribution is 5.92. The van der Waals surface area contributed by atoms with Crippen LogP contribution in [-0.2, 0) is 0 Å². The van der Waals surface area contributed by atoms with E-state index >= 15 is 0 Å². The van der Waals surface area contributed by atoms with Crippen LogP contribution in [0.25, 0.3) is 0 Å². The molecular formula is C16H25N3O. The molecule has 4 heteroatoms. The normalized spacial score (nSPS) is 18.9. The molecule has 1 amide bonds. The summed E-state index contributed by atoms with van der Waals surface area (Å²) in [4.78, 5) is 18.9. The van der Waals surface area contributed by atoms with E-state index in [1.54, 1.807) is 0 Å². The molecular weight excluding hydrogens is 250 g/mol. The molecule has 0 bridgehead atoms. The number of piperidine rings is 1. The average molecular weight is 275 g/mol. The molecule has 1 saturated heterocycles. The number of anilines is 1. The topological polar surface area (TPSA) is 45.2 Å². The number of aromatic nitrogens is 1. The molecule has 1 aromatic heterocycles. The number of carbonyl (C=O) groups excluding carboxylic acids is 1. The van der Waals surface area contributed by atoms with Gasteiger partial charge >= 0.3 is 0 Å². The Bertz CT molecular complexity index is 447. The lowest BCUT2D eigenvalue weighted by atomic mass is 9.95. The fourth-order valence-corrected chi connectivity index (χ4v) is 2.65. The highest BCUT2D eigenvalue weighted by Crippen LogP contribution is 2.20. The van der Waals surface area contributed by atoms with Crippen molar-refractivity contribution in [1.82, 2.24) is 9.88 Å². The third kappa shape index (κ3) is 3.71. The van der Waals surface area contributed by atoms with E-state index in [-0.39, 0.29) is 5.91 Å². The van der Waals surface area contributed by atoms with Gasteiger partial charge in [-0.25, -0.2) is 4.98 Å². The molecule has 1 atom stereocenters. The Kier molecular flexibility index (Phi) is 5.39. The van der Waals surface area contributed by atoms with Crippen molar-refractivity contribution in [2.24, 2.45) is 5.92 Å². The van der Waals surface area contributed by atoms with Crippen LogP contribution in [0.3, 0.4) is 0 Å². The lowest BCUT2D eigenvalue weighted by Crippen LogP contribution is -2.40. The molecule has 0 spiro atoms. The minimum atomic E-state index is 0.0725. The number of carbonyl (C=O) groups is 1. The molecule has 20 heavy (non-hydrogen) atoms. The summed E-state index contributed by atoms with van der Waals surface area (Å²) in [5.41, 5.74) is 0.558. The molecule has 1 aliphatic rings. The van der Waals surface area contributed by atoms with E-state index < -0.39 is 0 Å². The fourth-order valence-electron chi connectivity index (χ4n) is 2.65. The fraction of sp³-hybridized carbons (Fsp3) is 0.625. The molecule has 0 radical (unpaired) electrons. The van der Waals surface area contributed by atoms with Gasteiger partial charge in [0.25, 0.3) is 5.91 Å². The summed E-state index contributed by atoms with van der Waals surface area (Å²) in [6.45, 7) is 6.94. The van der Waals surface area contributed by atoms with Crippen molar-refractivity contribution in [3.05, 3.63) is 23.9 Å². The van der Waals surface area contributed by atoms with Gasteiger partial charge in [-0.15, -0.1) is 0 Å². The van der Waals surface area contributed by atoms with Crippen molar-refractivity contribution < 1.29 is 4.79 Å². The SMILES string of the molecule is CCCNc1cccc(C(=O)N2CCCC(CC)C2)n1. The molecule has 2 rings (SSSR count). The Morgan fingerprint density at radius 3 is 3.05 bits per heavy atom. The quantitative estimate of drug-likeness (QED) is 0.897. The standard InChI is InChI=1S/C16H25N3O/c1-3-10-17-15-9-5-8-14(18-15)16(20)19-11-6-7-13(4-2)12-19/h5,8-9,13H,3-4,6-7,10-12H2,1-2H3,(H,17,18). The average Bonchev–Trinajstić information content (AvgIpc) is 2.52. The van der Waals surface area contributed by atoms with E-state index in [1.165, 1.54) is 6.42 Å². The first-order valence-corrected chi connectivity index (χ1v) is 7.74. The lowest BCUT2D eigenvalue weighted by Gasteiger charge is -2.32. The predicted molar refractivity (Wildman–Crippen MR) is 81.9 cm³/mol. The Morgan fingerprint density at radius 2 is 2.30 bits per heavy atom. The van der Waals surface area contributed by atoms with Crippen LogP contribution in [0.2, 0.25) is 0 Å². The number of hydrogen-bond donors (Lipinski definition) is 1. The van der Waals surface area contributed by atoms with Crippen molar-refractivity contribution in [1.29, 1.82) is 0 Å². The first-order valence-electron chi connectivity index (χ1n) is 7.74. The van der Waals surface area contributed by atoms with E-state index in [1.807, 2.05) is 23.1 Å². The van der Waals surface area contributed by atoms with E-state index in [9.17, 15) is 4.79 Å². The van der Waals surface area contributed by atoms with E-state index in [4.69, 9.17) is 0 Å². The number of likely N-dealkylation sites (tertiary alicyclic amines) is 1. The maximum atomic E-state index is 12.5. The lowest BCUT2D eigenvalue weighted by molar-refractivity contribution is 0.0665. The van der Waals surface area contributed by atoms with Crippen LogP contribution in [0.15, 0.2) is 18.2 Å². The van der Waals surface area contributed by atoms with Crippen LogP contribution in [0.5, 0.6) is 0 Å². The smallest absolute Gasteiger partial charge is 0.272 e. The summed E-state index contributed by atoms with van der Waals surface area (Å²) in [5.74, 6) is 1.51. The van der Waals surface area contributed by atoms with Gasteiger partial charge in [0.05, 0.1) is 0 Å². The first kappa shape index (κ1) is 14.8. The molecule has 1 fully saturated rings. The minimum Gasteiger partial charge on any atom is -0.370 e. The molecule has 2 heterocycles. The molecule has 110 valence electrons. The number of rotatable bonds is 5. The minimum absolute atomic E-state index is 0.0725. The zero-order valence-electron chi connectivity index (χ0n) is 12.6. The highest BCUT2D eigenvalue weighted by atomic mass is 16.2. The van der Waals surface area contributed by atoms with Gasteiger partial charge in [-0.2, -0.15) is 0 Å². The first-order chi connectivity index (χ1) is 9.74. The monoisotopic (exact) mass is 275 g/mol. The molecule has 1 N–H and O–H groups in total. The van der Waals surface area contributed by atoms with Crippen LogP contribution in [0, 0.1) is 5.92 Å². The van der Waals surface area contributed by atoms with Crippen LogP contribution < -0.4 is 5.32 Å². The van der Waals surface area contributed by atoms with Crippen LogP contribution in [0.1, 0.15) is 50.0 Å². The highest BCUT2D eigenvalue weighted by Gasteiger charge is 2.24. The summed E-state index contributed by atoms with van der Waals surface area (Å²) >= 11 is 0. The molecule has 1 aliphatic heterocycles. The number of pyridine rings is 1. The Balaban J connectivity index is 2.04. The predicted octanol–water partition coefficient (Wildman–Crippen LogP) is 3.17. The van der Waals surface area contributed by atoms with Crippen LogP contribution in [0.4, 0.5) is 5.82 Å². The maximum Gasteiger partial charge on any atom is 0.272 e. The molecule has 0 aliphatic carbocycles. The van der Waals surface area contributed by atoms with Gasteiger partial charge in [0, 0.05) is 19.6 Å². The van der Waals surface area contributed by atoms with Crippen molar-refractivity contribution >= 4 is 11.7 Å². The summed E-state index contributed by atoms with van der Waals surface area (Å²) < 4.78 is 0. The third-order valence-electron chi connectivity index (χ3n) is 3.91. The zero-order chi connectivity index (χ0) is 14.4. The second-order valence-corrected chi connectivity index (χ2v) is 5.50. The number of nitrogens with one attached hydrogen (secondary N) is 1. The second-order valence-electron chi connectivity index (χ2n) is 5.50. The maximum absolute atomic E-state index is 12.5. The van der Waals surface area contributed by atoms with Gasteiger partial charge < -0.3 is 10.2 Å². The Hall–Kier alpha value is -1.58.